The van der Waals surface area contributed by atoms with Crippen LogP contribution in [0.3, 0.4) is 0 Å². The molecule has 0 spiro atoms. The molecule has 0 saturated carbocycles. The number of benzene rings is 1. The fourth-order valence-electron chi connectivity index (χ4n) is 1.42. The number of nitrogens with one attached hydrogen (secondary N) is 2. The first-order chi connectivity index (χ1) is 8.49. The van der Waals surface area contributed by atoms with E-state index in [2.05, 4.69) is 9.71 Å². The lowest BCUT2D eigenvalue weighted by Crippen LogP contribution is -2.24. The minimum atomic E-state index is -3.99. The fraction of sp³-hybridized carbons (Fsp3) is 0.0909. The molecular formula is C11H10F2N2O2S. The molecule has 0 aliphatic rings. The Hall–Kier alpha value is -1.73. The van der Waals surface area contributed by atoms with Crippen LogP contribution in [-0.4, -0.2) is 13.4 Å². The van der Waals surface area contributed by atoms with Crippen LogP contribution in [0.15, 0.2) is 41.6 Å². The SMILES string of the molecule is O=S(=O)(NCc1cc[nH]c1)c1ccc(F)cc1F. The van der Waals surface area contributed by atoms with E-state index in [-0.39, 0.29) is 6.54 Å². The van der Waals surface area contributed by atoms with E-state index in [9.17, 15) is 17.2 Å². The largest absolute Gasteiger partial charge is 0.367 e. The maximum absolute atomic E-state index is 13.3. The van der Waals surface area contributed by atoms with Gasteiger partial charge in [0.1, 0.15) is 16.5 Å². The second-order valence-electron chi connectivity index (χ2n) is 3.62. The van der Waals surface area contributed by atoms with Crippen LogP contribution in [0.1, 0.15) is 5.56 Å². The predicted molar refractivity (Wildman–Crippen MR) is 61.2 cm³/mol. The van der Waals surface area contributed by atoms with Gasteiger partial charge in [-0.2, -0.15) is 0 Å². The molecule has 4 nitrogen and oxygen atoms in total. The maximum atomic E-state index is 13.3. The molecule has 0 aliphatic carbocycles. The molecule has 0 amide bonds. The van der Waals surface area contributed by atoms with Crippen LogP contribution in [0.25, 0.3) is 0 Å². The second kappa shape index (κ2) is 4.87. The van der Waals surface area contributed by atoms with Crippen molar-refractivity contribution in [1.29, 1.82) is 0 Å². The minimum absolute atomic E-state index is 0.0304. The molecule has 0 atom stereocenters. The first-order valence-corrected chi connectivity index (χ1v) is 6.54. The summed E-state index contributed by atoms with van der Waals surface area (Å²) in [5.74, 6) is -1.94. The molecule has 1 aromatic heterocycles. The minimum Gasteiger partial charge on any atom is -0.367 e. The Morgan fingerprint density at radius 3 is 2.61 bits per heavy atom. The van der Waals surface area contributed by atoms with E-state index >= 15 is 0 Å². The Labute approximate surface area is 103 Å². The first kappa shape index (κ1) is 12.7. The van der Waals surface area contributed by atoms with Crippen LogP contribution in [0.4, 0.5) is 8.78 Å². The van der Waals surface area contributed by atoms with Gasteiger partial charge in [0.2, 0.25) is 10.0 Å². The number of aromatic nitrogens is 1. The van der Waals surface area contributed by atoms with Gasteiger partial charge >= 0.3 is 0 Å². The average molecular weight is 272 g/mol. The zero-order valence-electron chi connectivity index (χ0n) is 9.15. The highest BCUT2D eigenvalue weighted by molar-refractivity contribution is 7.89. The van der Waals surface area contributed by atoms with Crippen LogP contribution in [0, 0.1) is 11.6 Å². The van der Waals surface area contributed by atoms with Crippen molar-refractivity contribution < 1.29 is 17.2 Å². The number of sulfonamides is 1. The van der Waals surface area contributed by atoms with E-state index in [1.54, 1.807) is 18.5 Å². The smallest absolute Gasteiger partial charge is 0.243 e. The number of rotatable bonds is 4. The molecule has 96 valence electrons. The number of hydrogen-bond donors (Lipinski definition) is 2. The van der Waals surface area contributed by atoms with Gasteiger partial charge in [-0.05, 0) is 23.8 Å². The van der Waals surface area contributed by atoms with Gasteiger partial charge in [0, 0.05) is 25.0 Å². The number of halogens is 2. The highest BCUT2D eigenvalue weighted by atomic mass is 32.2. The van der Waals surface area contributed by atoms with Crippen LogP contribution in [0.5, 0.6) is 0 Å². The van der Waals surface area contributed by atoms with E-state index in [4.69, 9.17) is 0 Å². The highest BCUT2D eigenvalue weighted by Crippen LogP contribution is 2.15. The van der Waals surface area contributed by atoms with Crippen molar-refractivity contribution >= 4 is 10.0 Å². The molecular weight excluding hydrogens is 262 g/mol. The molecule has 0 bridgehead atoms. The quantitative estimate of drug-likeness (QED) is 0.891. The number of hydrogen-bond acceptors (Lipinski definition) is 2. The van der Waals surface area contributed by atoms with Gasteiger partial charge in [0.25, 0.3) is 0 Å². The van der Waals surface area contributed by atoms with Crippen molar-refractivity contribution in [3.8, 4) is 0 Å². The Bertz CT molecular complexity index is 639. The van der Waals surface area contributed by atoms with Crippen LogP contribution in [0.2, 0.25) is 0 Å². The summed E-state index contributed by atoms with van der Waals surface area (Å²) in [6.07, 6.45) is 3.26. The van der Waals surface area contributed by atoms with Gasteiger partial charge in [-0.25, -0.2) is 21.9 Å². The normalized spacial score (nSPS) is 11.7. The molecule has 0 aliphatic heterocycles. The van der Waals surface area contributed by atoms with Gasteiger partial charge in [0.05, 0.1) is 0 Å². The van der Waals surface area contributed by atoms with E-state index in [0.717, 1.165) is 12.1 Å². The predicted octanol–water partition coefficient (Wildman–Crippen LogP) is 1.77. The Kier molecular flexibility index (Phi) is 3.44. The Morgan fingerprint density at radius 2 is 2.00 bits per heavy atom. The number of aromatic amines is 1. The van der Waals surface area contributed by atoms with Gasteiger partial charge < -0.3 is 4.98 Å². The Balaban J connectivity index is 2.20. The summed E-state index contributed by atoms with van der Waals surface area (Å²) in [7, 11) is -3.99. The Morgan fingerprint density at radius 1 is 1.22 bits per heavy atom. The summed E-state index contributed by atoms with van der Waals surface area (Å²) >= 11 is 0. The lowest BCUT2D eigenvalue weighted by Gasteiger charge is -2.06. The van der Waals surface area contributed by atoms with Gasteiger partial charge in [-0.15, -0.1) is 0 Å². The lowest BCUT2D eigenvalue weighted by atomic mass is 10.3. The molecule has 7 heteroatoms. The van der Waals surface area contributed by atoms with Crippen LogP contribution < -0.4 is 4.72 Å². The first-order valence-electron chi connectivity index (χ1n) is 5.05. The molecule has 0 radical (unpaired) electrons. The fourth-order valence-corrected chi connectivity index (χ4v) is 2.49. The van der Waals surface area contributed by atoms with E-state index in [1.807, 2.05) is 0 Å². The van der Waals surface area contributed by atoms with E-state index in [1.165, 1.54) is 0 Å². The molecule has 0 saturated heterocycles. The summed E-state index contributed by atoms with van der Waals surface area (Å²) in [4.78, 5) is 2.20. The number of H-pyrrole nitrogens is 1. The summed E-state index contributed by atoms with van der Waals surface area (Å²) in [5.41, 5.74) is 0.709. The molecule has 0 fully saturated rings. The van der Waals surface area contributed by atoms with Gasteiger partial charge in [-0.3, -0.25) is 0 Å². The molecule has 18 heavy (non-hydrogen) atoms. The topological polar surface area (TPSA) is 62.0 Å². The summed E-state index contributed by atoms with van der Waals surface area (Å²) in [5, 5.41) is 0. The third-order valence-corrected chi connectivity index (χ3v) is 3.75. The van der Waals surface area contributed by atoms with Crippen molar-refractivity contribution in [2.45, 2.75) is 11.4 Å². The molecule has 2 N–H and O–H groups in total. The lowest BCUT2D eigenvalue weighted by molar-refractivity contribution is 0.543. The molecule has 1 aromatic carbocycles. The second-order valence-corrected chi connectivity index (χ2v) is 5.35. The van der Waals surface area contributed by atoms with Crippen molar-refractivity contribution in [2.24, 2.45) is 0 Å². The third kappa shape index (κ3) is 2.74. The highest BCUT2D eigenvalue weighted by Gasteiger charge is 2.19. The monoisotopic (exact) mass is 272 g/mol. The van der Waals surface area contributed by atoms with Crippen molar-refractivity contribution in [3.05, 3.63) is 53.9 Å². The van der Waals surface area contributed by atoms with Crippen molar-refractivity contribution in [1.82, 2.24) is 9.71 Å². The molecule has 1 heterocycles. The van der Waals surface area contributed by atoms with Crippen molar-refractivity contribution in [2.75, 3.05) is 0 Å². The summed E-state index contributed by atoms with van der Waals surface area (Å²) < 4.78 is 51.8. The standard InChI is InChI=1S/C11H10F2N2O2S/c12-9-1-2-11(10(13)5-9)18(16,17)15-7-8-3-4-14-6-8/h1-6,14-15H,7H2. The van der Waals surface area contributed by atoms with E-state index in [0.29, 0.717) is 11.6 Å². The summed E-state index contributed by atoms with van der Waals surface area (Å²) in [6.45, 7) is 0.0304. The maximum Gasteiger partial charge on any atom is 0.243 e. The van der Waals surface area contributed by atoms with Gasteiger partial charge in [0.15, 0.2) is 0 Å². The third-order valence-electron chi connectivity index (χ3n) is 2.31. The van der Waals surface area contributed by atoms with Crippen LogP contribution >= 0.6 is 0 Å². The molecule has 0 unspecified atom stereocenters. The van der Waals surface area contributed by atoms with E-state index < -0.39 is 26.6 Å². The van der Waals surface area contributed by atoms with Crippen molar-refractivity contribution in [3.63, 3.8) is 0 Å². The van der Waals surface area contributed by atoms with Crippen LogP contribution in [-0.2, 0) is 16.6 Å². The average Bonchev–Trinajstić information content (AvgIpc) is 2.78. The molecule has 2 aromatic rings. The zero-order chi connectivity index (χ0) is 13.2. The van der Waals surface area contributed by atoms with Gasteiger partial charge in [-0.1, -0.05) is 0 Å². The molecule has 2 rings (SSSR count). The summed E-state index contributed by atoms with van der Waals surface area (Å²) in [6, 6.07) is 4.01. The zero-order valence-corrected chi connectivity index (χ0v) is 9.97.